The van der Waals surface area contributed by atoms with Crippen LogP contribution in [-0.4, -0.2) is 15.0 Å². The van der Waals surface area contributed by atoms with Gasteiger partial charge in [-0.15, -0.1) is 0 Å². The van der Waals surface area contributed by atoms with Crippen LogP contribution in [0.1, 0.15) is 11.5 Å². The van der Waals surface area contributed by atoms with E-state index in [1.807, 2.05) is 32.0 Å². The van der Waals surface area contributed by atoms with Gasteiger partial charge in [0, 0.05) is 28.2 Å². The summed E-state index contributed by atoms with van der Waals surface area (Å²) in [4.78, 5) is 11.9. The molecular formula is C14H14N4. The smallest absolute Gasteiger partial charge is 0.128 e. The molecule has 3 N–H and O–H groups in total. The zero-order valence-corrected chi connectivity index (χ0v) is 10.4. The number of H-pyrrole nitrogens is 1. The highest BCUT2D eigenvalue weighted by molar-refractivity contribution is 5.96. The van der Waals surface area contributed by atoms with Crippen LogP contribution in [0.25, 0.3) is 22.2 Å². The number of anilines is 1. The van der Waals surface area contributed by atoms with E-state index in [2.05, 4.69) is 27.1 Å². The number of nitrogen functional groups attached to an aromatic ring is 1. The molecule has 1 aromatic carbocycles. The predicted octanol–water partition coefficient (Wildman–Crippen LogP) is 2.82. The number of nitrogens with one attached hydrogen (secondary N) is 1. The van der Waals surface area contributed by atoms with Crippen LogP contribution in [0.5, 0.6) is 0 Å². The van der Waals surface area contributed by atoms with Gasteiger partial charge in [-0.3, -0.25) is 0 Å². The van der Waals surface area contributed by atoms with Gasteiger partial charge in [0.1, 0.15) is 11.6 Å². The van der Waals surface area contributed by atoms with Crippen LogP contribution in [-0.2, 0) is 0 Å². The molecular weight excluding hydrogens is 224 g/mol. The van der Waals surface area contributed by atoms with Gasteiger partial charge in [0.05, 0.1) is 5.69 Å². The van der Waals surface area contributed by atoms with E-state index >= 15 is 0 Å². The van der Waals surface area contributed by atoms with Crippen LogP contribution < -0.4 is 5.73 Å². The SMILES string of the molecule is Cc1nc(N)cc(-c2c(C)[nH]c3ccccc23)n1. The minimum absolute atomic E-state index is 0.502. The van der Waals surface area contributed by atoms with Crippen molar-refractivity contribution in [2.45, 2.75) is 13.8 Å². The van der Waals surface area contributed by atoms with Crippen molar-refractivity contribution in [2.24, 2.45) is 0 Å². The highest BCUT2D eigenvalue weighted by atomic mass is 14.9. The fraction of sp³-hybridized carbons (Fsp3) is 0.143. The highest BCUT2D eigenvalue weighted by Gasteiger charge is 2.12. The molecule has 0 radical (unpaired) electrons. The van der Waals surface area contributed by atoms with Crippen LogP contribution in [0.3, 0.4) is 0 Å². The van der Waals surface area contributed by atoms with Gasteiger partial charge in [-0.05, 0) is 19.9 Å². The van der Waals surface area contributed by atoms with Crippen molar-refractivity contribution < 1.29 is 0 Å². The van der Waals surface area contributed by atoms with Gasteiger partial charge in [0.2, 0.25) is 0 Å². The molecule has 0 unspecified atom stereocenters. The first-order chi connectivity index (χ1) is 8.65. The molecule has 0 amide bonds. The fourth-order valence-corrected chi connectivity index (χ4v) is 2.33. The predicted molar refractivity (Wildman–Crippen MR) is 73.2 cm³/mol. The molecule has 4 heteroatoms. The lowest BCUT2D eigenvalue weighted by molar-refractivity contribution is 1.06. The van der Waals surface area contributed by atoms with Crippen LogP contribution in [0.4, 0.5) is 5.82 Å². The molecule has 0 bridgehead atoms. The Bertz CT molecular complexity index is 707. The van der Waals surface area contributed by atoms with Crippen LogP contribution in [0, 0.1) is 13.8 Å². The average molecular weight is 238 g/mol. The third kappa shape index (κ3) is 1.62. The number of benzene rings is 1. The summed E-state index contributed by atoms with van der Waals surface area (Å²) in [7, 11) is 0. The lowest BCUT2D eigenvalue weighted by atomic mass is 10.1. The van der Waals surface area contributed by atoms with Gasteiger partial charge < -0.3 is 10.7 Å². The van der Waals surface area contributed by atoms with E-state index in [1.54, 1.807) is 0 Å². The summed E-state index contributed by atoms with van der Waals surface area (Å²) in [5.74, 6) is 1.19. The number of nitrogens with two attached hydrogens (primary N) is 1. The molecule has 2 heterocycles. The average Bonchev–Trinajstić information content (AvgIpc) is 2.63. The summed E-state index contributed by atoms with van der Waals surface area (Å²) in [6.45, 7) is 3.90. The summed E-state index contributed by atoms with van der Waals surface area (Å²) in [5.41, 5.74) is 9.97. The first-order valence-corrected chi connectivity index (χ1v) is 5.84. The van der Waals surface area contributed by atoms with Crippen molar-refractivity contribution in [2.75, 3.05) is 5.73 Å². The maximum atomic E-state index is 5.80. The Morgan fingerprint density at radius 3 is 2.67 bits per heavy atom. The molecule has 0 saturated heterocycles. The Balaban J connectivity index is 2.34. The van der Waals surface area contributed by atoms with Crippen molar-refractivity contribution in [1.82, 2.24) is 15.0 Å². The van der Waals surface area contributed by atoms with Crippen molar-refractivity contribution in [1.29, 1.82) is 0 Å². The van der Waals surface area contributed by atoms with Crippen LogP contribution in [0.15, 0.2) is 30.3 Å². The lowest BCUT2D eigenvalue weighted by Gasteiger charge is -2.03. The Hall–Kier alpha value is -2.36. The van der Waals surface area contributed by atoms with Gasteiger partial charge >= 0.3 is 0 Å². The standard InChI is InChI=1S/C14H14N4/c1-8-14(10-5-3-4-6-11(10)16-8)12-7-13(15)18-9(2)17-12/h3-7,16H,1-2H3,(H2,15,17,18). The normalized spacial score (nSPS) is 11.0. The van der Waals surface area contributed by atoms with E-state index in [4.69, 9.17) is 5.73 Å². The Morgan fingerprint density at radius 1 is 1.11 bits per heavy atom. The van der Waals surface area contributed by atoms with Crippen molar-refractivity contribution in [3.05, 3.63) is 41.9 Å². The molecule has 0 atom stereocenters. The quantitative estimate of drug-likeness (QED) is 0.685. The van der Waals surface area contributed by atoms with E-state index in [0.29, 0.717) is 11.6 Å². The summed E-state index contributed by atoms with van der Waals surface area (Å²) in [5, 5.41) is 1.16. The summed E-state index contributed by atoms with van der Waals surface area (Å²) in [6.07, 6.45) is 0. The van der Waals surface area contributed by atoms with Crippen molar-refractivity contribution in [3.8, 4) is 11.3 Å². The molecule has 18 heavy (non-hydrogen) atoms. The Morgan fingerprint density at radius 2 is 1.89 bits per heavy atom. The minimum Gasteiger partial charge on any atom is -0.384 e. The fourth-order valence-electron chi connectivity index (χ4n) is 2.33. The zero-order valence-electron chi connectivity index (χ0n) is 10.4. The monoisotopic (exact) mass is 238 g/mol. The Kier molecular flexibility index (Phi) is 2.30. The molecule has 0 aliphatic heterocycles. The topological polar surface area (TPSA) is 67.6 Å². The number of nitrogens with zero attached hydrogens (tertiary/aromatic N) is 2. The molecule has 0 saturated carbocycles. The van der Waals surface area contributed by atoms with E-state index < -0.39 is 0 Å². The number of hydrogen-bond acceptors (Lipinski definition) is 3. The molecule has 0 aliphatic rings. The second-order valence-electron chi connectivity index (χ2n) is 4.40. The van der Waals surface area contributed by atoms with Gasteiger partial charge in [0.25, 0.3) is 0 Å². The third-order valence-electron chi connectivity index (χ3n) is 3.01. The van der Waals surface area contributed by atoms with Crippen molar-refractivity contribution in [3.63, 3.8) is 0 Å². The maximum Gasteiger partial charge on any atom is 0.128 e. The number of aromatic nitrogens is 3. The second kappa shape index (κ2) is 3.84. The first kappa shape index (κ1) is 10.8. The minimum atomic E-state index is 0.502. The zero-order chi connectivity index (χ0) is 12.7. The number of aryl methyl sites for hydroxylation is 2. The van der Waals surface area contributed by atoms with Crippen LogP contribution >= 0.6 is 0 Å². The molecule has 4 nitrogen and oxygen atoms in total. The summed E-state index contributed by atoms with van der Waals surface area (Å²) < 4.78 is 0. The first-order valence-electron chi connectivity index (χ1n) is 5.84. The second-order valence-corrected chi connectivity index (χ2v) is 4.40. The number of para-hydroxylation sites is 1. The van der Waals surface area contributed by atoms with Crippen molar-refractivity contribution >= 4 is 16.7 Å². The molecule has 0 aliphatic carbocycles. The summed E-state index contributed by atoms with van der Waals surface area (Å²) in [6, 6.07) is 10.00. The van der Waals surface area contributed by atoms with E-state index in [0.717, 1.165) is 27.9 Å². The van der Waals surface area contributed by atoms with Gasteiger partial charge in [-0.1, -0.05) is 18.2 Å². The maximum absolute atomic E-state index is 5.80. The van der Waals surface area contributed by atoms with Crippen LogP contribution in [0.2, 0.25) is 0 Å². The number of fused-ring (bicyclic) bond motifs is 1. The molecule has 3 aromatic rings. The molecule has 0 fully saturated rings. The van der Waals surface area contributed by atoms with Gasteiger partial charge in [0.15, 0.2) is 0 Å². The lowest BCUT2D eigenvalue weighted by Crippen LogP contribution is -1.97. The molecule has 0 spiro atoms. The molecule has 3 rings (SSSR count). The number of hydrogen-bond donors (Lipinski definition) is 2. The molecule has 2 aromatic heterocycles. The highest BCUT2D eigenvalue weighted by Crippen LogP contribution is 2.31. The third-order valence-corrected chi connectivity index (χ3v) is 3.01. The number of rotatable bonds is 1. The number of aromatic amines is 1. The van der Waals surface area contributed by atoms with E-state index in [1.165, 1.54) is 0 Å². The van der Waals surface area contributed by atoms with Gasteiger partial charge in [-0.25, -0.2) is 9.97 Å². The van der Waals surface area contributed by atoms with Gasteiger partial charge in [-0.2, -0.15) is 0 Å². The summed E-state index contributed by atoms with van der Waals surface area (Å²) >= 11 is 0. The molecule has 90 valence electrons. The van der Waals surface area contributed by atoms with E-state index in [9.17, 15) is 0 Å². The Labute approximate surface area is 105 Å². The largest absolute Gasteiger partial charge is 0.384 e. The van der Waals surface area contributed by atoms with E-state index in [-0.39, 0.29) is 0 Å².